The first kappa shape index (κ1) is 23.2. The molecule has 0 spiro atoms. The summed E-state index contributed by atoms with van der Waals surface area (Å²) in [6.07, 6.45) is 0.749. The summed E-state index contributed by atoms with van der Waals surface area (Å²) in [6, 6.07) is 12.5. The summed E-state index contributed by atoms with van der Waals surface area (Å²) >= 11 is 12.2. The molecule has 0 radical (unpaired) electrons. The third kappa shape index (κ3) is 6.48. The number of nitrogens with one attached hydrogen (secondary N) is 1. The van der Waals surface area contributed by atoms with Gasteiger partial charge < -0.3 is 10.2 Å². The summed E-state index contributed by atoms with van der Waals surface area (Å²) in [7, 11) is 0. The van der Waals surface area contributed by atoms with E-state index in [1.807, 2.05) is 58.0 Å². The zero-order chi connectivity index (χ0) is 21.6. The SMILES string of the molecule is CC[C@@H](C(=O)NC(C)C)N(Cc1ccc(Cl)c(Cl)c1)C(=O)Cc1ccccc1C. The molecule has 156 valence electrons. The number of carbonyl (C=O) groups excluding carboxylic acids is 2. The van der Waals surface area contributed by atoms with Crippen LogP contribution in [-0.4, -0.2) is 28.8 Å². The van der Waals surface area contributed by atoms with Gasteiger partial charge in [-0.2, -0.15) is 0 Å². The molecule has 0 saturated heterocycles. The van der Waals surface area contributed by atoms with Crippen LogP contribution in [0, 0.1) is 6.92 Å². The number of aryl methyl sites for hydroxylation is 1. The van der Waals surface area contributed by atoms with E-state index in [0.717, 1.165) is 16.7 Å². The normalized spacial score (nSPS) is 12.0. The quantitative estimate of drug-likeness (QED) is 0.622. The molecule has 1 atom stereocenters. The van der Waals surface area contributed by atoms with Crippen LogP contribution >= 0.6 is 23.2 Å². The molecule has 2 amide bonds. The predicted molar refractivity (Wildman–Crippen MR) is 119 cm³/mol. The number of halogens is 2. The molecular weight excluding hydrogens is 407 g/mol. The first-order valence-electron chi connectivity index (χ1n) is 9.81. The zero-order valence-electron chi connectivity index (χ0n) is 17.3. The van der Waals surface area contributed by atoms with E-state index < -0.39 is 6.04 Å². The number of hydrogen-bond donors (Lipinski definition) is 1. The molecule has 0 aromatic heterocycles. The average Bonchev–Trinajstić information content (AvgIpc) is 2.65. The van der Waals surface area contributed by atoms with E-state index in [1.54, 1.807) is 17.0 Å². The van der Waals surface area contributed by atoms with Gasteiger partial charge in [-0.1, -0.05) is 60.5 Å². The van der Waals surface area contributed by atoms with Gasteiger partial charge in [-0.25, -0.2) is 0 Å². The standard InChI is InChI=1S/C23H28Cl2N2O2/c1-5-21(23(29)26-15(2)3)27(14-17-10-11-19(24)20(25)12-17)22(28)13-18-9-7-6-8-16(18)4/h6-12,15,21H,5,13-14H2,1-4H3,(H,26,29)/t21-/m0/s1. The molecule has 0 aliphatic carbocycles. The molecule has 6 heteroatoms. The lowest BCUT2D eigenvalue weighted by atomic mass is 10.0. The Kier molecular flexibility index (Phi) is 8.54. The summed E-state index contributed by atoms with van der Waals surface area (Å²) < 4.78 is 0. The summed E-state index contributed by atoms with van der Waals surface area (Å²) in [5.41, 5.74) is 2.83. The van der Waals surface area contributed by atoms with E-state index in [2.05, 4.69) is 5.32 Å². The number of nitrogens with zero attached hydrogens (tertiary/aromatic N) is 1. The summed E-state index contributed by atoms with van der Waals surface area (Å²) in [4.78, 5) is 27.8. The van der Waals surface area contributed by atoms with E-state index in [9.17, 15) is 9.59 Å². The van der Waals surface area contributed by atoms with Gasteiger partial charge in [-0.3, -0.25) is 9.59 Å². The second kappa shape index (κ2) is 10.7. The van der Waals surface area contributed by atoms with Crippen molar-refractivity contribution < 1.29 is 9.59 Å². The van der Waals surface area contributed by atoms with Gasteiger partial charge in [-0.15, -0.1) is 0 Å². The van der Waals surface area contributed by atoms with Gasteiger partial charge >= 0.3 is 0 Å². The Labute approximate surface area is 183 Å². The van der Waals surface area contributed by atoms with E-state index in [0.29, 0.717) is 16.5 Å². The lowest BCUT2D eigenvalue weighted by Gasteiger charge is -2.31. The second-order valence-corrected chi connectivity index (χ2v) is 8.28. The number of carbonyl (C=O) groups is 2. The van der Waals surface area contributed by atoms with Gasteiger partial charge in [0.05, 0.1) is 16.5 Å². The van der Waals surface area contributed by atoms with Crippen LogP contribution in [0.3, 0.4) is 0 Å². The van der Waals surface area contributed by atoms with Crippen molar-refractivity contribution in [3.8, 4) is 0 Å². The fourth-order valence-corrected chi connectivity index (χ4v) is 3.53. The van der Waals surface area contributed by atoms with Crippen molar-refractivity contribution in [1.29, 1.82) is 0 Å². The Morgan fingerprint density at radius 1 is 1.07 bits per heavy atom. The first-order valence-corrected chi connectivity index (χ1v) is 10.6. The maximum atomic E-state index is 13.3. The number of amides is 2. The summed E-state index contributed by atoms with van der Waals surface area (Å²) in [5, 5.41) is 3.81. The van der Waals surface area contributed by atoms with Gasteiger partial charge in [0.15, 0.2) is 0 Å². The maximum Gasteiger partial charge on any atom is 0.243 e. The molecular formula is C23H28Cl2N2O2. The fourth-order valence-electron chi connectivity index (χ4n) is 3.21. The lowest BCUT2D eigenvalue weighted by Crippen LogP contribution is -2.50. The lowest BCUT2D eigenvalue weighted by molar-refractivity contribution is -0.141. The molecule has 29 heavy (non-hydrogen) atoms. The smallest absolute Gasteiger partial charge is 0.243 e. The molecule has 1 N–H and O–H groups in total. The van der Waals surface area contributed by atoms with E-state index >= 15 is 0 Å². The molecule has 0 bridgehead atoms. The second-order valence-electron chi connectivity index (χ2n) is 7.46. The van der Waals surface area contributed by atoms with Gasteiger partial charge in [0, 0.05) is 12.6 Å². The van der Waals surface area contributed by atoms with Crippen LogP contribution in [0.1, 0.15) is 43.9 Å². The Bertz CT molecular complexity index is 868. The Balaban J connectivity index is 2.34. The molecule has 0 heterocycles. The number of hydrogen-bond acceptors (Lipinski definition) is 2. The Hall–Kier alpha value is -2.04. The highest BCUT2D eigenvalue weighted by Gasteiger charge is 2.29. The number of rotatable bonds is 8. The van der Waals surface area contributed by atoms with E-state index in [-0.39, 0.29) is 30.8 Å². The van der Waals surface area contributed by atoms with Crippen LogP contribution in [-0.2, 0) is 22.6 Å². The molecule has 0 aliphatic heterocycles. The van der Waals surface area contributed by atoms with E-state index in [4.69, 9.17) is 23.2 Å². The van der Waals surface area contributed by atoms with Crippen molar-refractivity contribution in [2.45, 2.75) is 59.2 Å². The molecule has 2 aromatic carbocycles. The van der Waals surface area contributed by atoms with Crippen molar-refractivity contribution >= 4 is 35.0 Å². The van der Waals surface area contributed by atoms with Gasteiger partial charge in [0.1, 0.15) is 6.04 Å². The van der Waals surface area contributed by atoms with Crippen molar-refractivity contribution in [2.24, 2.45) is 0 Å². The van der Waals surface area contributed by atoms with Crippen molar-refractivity contribution in [3.63, 3.8) is 0 Å². The molecule has 4 nitrogen and oxygen atoms in total. The van der Waals surface area contributed by atoms with Crippen LogP contribution in [0.2, 0.25) is 10.0 Å². The highest BCUT2D eigenvalue weighted by atomic mass is 35.5. The third-order valence-electron chi connectivity index (χ3n) is 4.76. The molecule has 2 aromatic rings. The molecule has 0 aliphatic rings. The van der Waals surface area contributed by atoms with Crippen molar-refractivity contribution in [1.82, 2.24) is 10.2 Å². The van der Waals surface area contributed by atoms with Crippen molar-refractivity contribution in [2.75, 3.05) is 0 Å². The molecule has 2 rings (SSSR count). The van der Waals surface area contributed by atoms with Crippen LogP contribution < -0.4 is 5.32 Å². The maximum absolute atomic E-state index is 13.3. The minimum atomic E-state index is -0.566. The fraction of sp³-hybridized carbons (Fsp3) is 0.391. The first-order chi connectivity index (χ1) is 13.7. The Morgan fingerprint density at radius 3 is 2.34 bits per heavy atom. The minimum Gasteiger partial charge on any atom is -0.352 e. The molecule has 0 fully saturated rings. The number of benzene rings is 2. The minimum absolute atomic E-state index is 0.00477. The Morgan fingerprint density at radius 2 is 1.76 bits per heavy atom. The monoisotopic (exact) mass is 434 g/mol. The molecule has 0 unspecified atom stereocenters. The van der Waals surface area contributed by atoms with Crippen LogP contribution in [0.25, 0.3) is 0 Å². The highest BCUT2D eigenvalue weighted by molar-refractivity contribution is 6.42. The largest absolute Gasteiger partial charge is 0.352 e. The highest BCUT2D eigenvalue weighted by Crippen LogP contribution is 2.24. The predicted octanol–water partition coefficient (Wildman–Crippen LogP) is 5.18. The van der Waals surface area contributed by atoms with Crippen LogP contribution in [0.4, 0.5) is 0 Å². The average molecular weight is 435 g/mol. The summed E-state index contributed by atoms with van der Waals surface area (Å²) in [6.45, 7) is 7.99. The van der Waals surface area contributed by atoms with Crippen LogP contribution in [0.15, 0.2) is 42.5 Å². The van der Waals surface area contributed by atoms with Gasteiger partial charge in [-0.05, 0) is 56.0 Å². The molecule has 0 saturated carbocycles. The van der Waals surface area contributed by atoms with Crippen molar-refractivity contribution in [3.05, 3.63) is 69.2 Å². The van der Waals surface area contributed by atoms with Gasteiger partial charge in [0.25, 0.3) is 0 Å². The topological polar surface area (TPSA) is 49.4 Å². The summed E-state index contributed by atoms with van der Waals surface area (Å²) in [5.74, 6) is -0.253. The van der Waals surface area contributed by atoms with E-state index in [1.165, 1.54) is 0 Å². The van der Waals surface area contributed by atoms with Crippen LogP contribution in [0.5, 0.6) is 0 Å². The zero-order valence-corrected chi connectivity index (χ0v) is 18.8. The van der Waals surface area contributed by atoms with Gasteiger partial charge in [0.2, 0.25) is 11.8 Å². The third-order valence-corrected chi connectivity index (χ3v) is 5.50.